The van der Waals surface area contributed by atoms with Crippen LogP contribution in [0, 0.1) is 11.3 Å². The van der Waals surface area contributed by atoms with Gasteiger partial charge in [0.1, 0.15) is 5.82 Å². The third-order valence-electron chi connectivity index (χ3n) is 2.96. The Morgan fingerprint density at radius 2 is 2.05 bits per heavy atom. The summed E-state index contributed by atoms with van der Waals surface area (Å²) in [6.45, 7) is 0. The summed E-state index contributed by atoms with van der Waals surface area (Å²) in [5, 5.41) is 9.38. The van der Waals surface area contributed by atoms with Gasteiger partial charge < -0.3 is 4.98 Å². The molecule has 0 spiro atoms. The number of nitrogens with one attached hydrogen (secondary N) is 1. The minimum Gasteiger partial charge on any atom is -0.338 e. The molecule has 1 heterocycles. The number of imidazole rings is 1. The molecule has 1 aromatic heterocycles. The minimum absolute atomic E-state index is 0.399. The smallest absolute Gasteiger partial charge is 0.139 e. The summed E-state index contributed by atoms with van der Waals surface area (Å²) in [6, 6.07) is 15.5. The molecule has 0 radical (unpaired) electrons. The highest BCUT2D eigenvalue weighted by Crippen LogP contribution is 2.27. The van der Waals surface area contributed by atoms with Gasteiger partial charge in [-0.25, -0.2) is 4.98 Å². The Balaban J connectivity index is 2.12. The van der Waals surface area contributed by atoms with Crippen LogP contribution in [0.4, 0.5) is 0 Å². The highest BCUT2D eigenvalue weighted by atomic mass is 35.5. The van der Waals surface area contributed by atoms with Crippen molar-refractivity contribution in [2.24, 2.45) is 0 Å². The van der Waals surface area contributed by atoms with Gasteiger partial charge >= 0.3 is 0 Å². The first-order chi connectivity index (χ1) is 9.28. The third-order valence-corrected chi connectivity index (χ3v) is 3.29. The van der Waals surface area contributed by atoms with Gasteiger partial charge in [0.15, 0.2) is 0 Å². The van der Waals surface area contributed by atoms with Crippen molar-refractivity contribution in [2.75, 3.05) is 0 Å². The topological polar surface area (TPSA) is 52.5 Å². The summed E-state index contributed by atoms with van der Waals surface area (Å²) in [5.74, 6) is 0.745. The summed E-state index contributed by atoms with van der Waals surface area (Å²) in [7, 11) is 0. The molecule has 0 atom stereocenters. The standard InChI is InChI=1S/C15H10ClN3/c16-12-4-2-1-3-11(12)15-18-13-6-5-10(7-8-17)9-14(13)19-15/h1-6,9H,7H2,(H,18,19). The Kier molecular flexibility index (Phi) is 2.94. The fourth-order valence-corrected chi connectivity index (χ4v) is 2.26. The van der Waals surface area contributed by atoms with Crippen molar-refractivity contribution >= 4 is 22.6 Å². The molecule has 2 aromatic carbocycles. The molecule has 19 heavy (non-hydrogen) atoms. The normalized spacial score (nSPS) is 10.5. The molecule has 0 unspecified atom stereocenters. The number of hydrogen-bond donors (Lipinski definition) is 1. The Morgan fingerprint density at radius 3 is 2.84 bits per heavy atom. The quantitative estimate of drug-likeness (QED) is 0.764. The maximum atomic E-state index is 8.72. The van der Waals surface area contributed by atoms with Crippen molar-refractivity contribution in [3.05, 3.63) is 53.1 Å². The number of aromatic amines is 1. The summed E-state index contributed by atoms with van der Waals surface area (Å²) in [6.07, 6.45) is 0.399. The van der Waals surface area contributed by atoms with Crippen molar-refractivity contribution in [3.8, 4) is 17.5 Å². The molecule has 1 N–H and O–H groups in total. The van der Waals surface area contributed by atoms with Crippen LogP contribution in [0.25, 0.3) is 22.4 Å². The van der Waals surface area contributed by atoms with Gasteiger partial charge in [-0.3, -0.25) is 0 Å². The van der Waals surface area contributed by atoms with Crippen molar-refractivity contribution in [1.29, 1.82) is 5.26 Å². The molecule has 0 fully saturated rings. The van der Waals surface area contributed by atoms with Crippen molar-refractivity contribution in [3.63, 3.8) is 0 Å². The van der Waals surface area contributed by atoms with Crippen LogP contribution >= 0.6 is 11.6 Å². The van der Waals surface area contributed by atoms with E-state index in [0.717, 1.165) is 28.0 Å². The van der Waals surface area contributed by atoms with E-state index in [1.807, 2.05) is 42.5 Å². The highest BCUT2D eigenvalue weighted by molar-refractivity contribution is 6.33. The van der Waals surface area contributed by atoms with E-state index < -0.39 is 0 Å². The van der Waals surface area contributed by atoms with E-state index in [1.54, 1.807) is 0 Å². The Morgan fingerprint density at radius 1 is 1.21 bits per heavy atom. The van der Waals surface area contributed by atoms with E-state index in [2.05, 4.69) is 16.0 Å². The predicted octanol–water partition coefficient (Wildman–Crippen LogP) is 3.95. The van der Waals surface area contributed by atoms with Gasteiger partial charge in [0.25, 0.3) is 0 Å². The lowest BCUT2D eigenvalue weighted by Gasteiger charge is -1.98. The molecule has 3 rings (SSSR count). The van der Waals surface area contributed by atoms with Gasteiger partial charge in [0.2, 0.25) is 0 Å². The number of hydrogen-bond acceptors (Lipinski definition) is 2. The van der Waals surface area contributed by atoms with Gasteiger partial charge in [0.05, 0.1) is 28.5 Å². The molecule has 92 valence electrons. The maximum absolute atomic E-state index is 8.72. The van der Waals surface area contributed by atoms with E-state index in [1.165, 1.54) is 0 Å². The number of benzene rings is 2. The lowest BCUT2D eigenvalue weighted by atomic mass is 10.1. The first-order valence-corrected chi connectivity index (χ1v) is 6.26. The second-order valence-electron chi connectivity index (χ2n) is 4.25. The maximum Gasteiger partial charge on any atom is 0.139 e. The van der Waals surface area contributed by atoms with Crippen LogP contribution in [-0.2, 0) is 6.42 Å². The summed E-state index contributed by atoms with van der Waals surface area (Å²) < 4.78 is 0. The molecule has 4 heteroatoms. The van der Waals surface area contributed by atoms with E-state index in [4.69, 9.17) is 16.9 Å². The molecule has 0 saturated heterocycles. The van der Waals surface area contributed by atoms with Crippen LogP contribution in [0.2, 0.25) is 5.02 Å². The lowest BCUT2D eigenvalue weighted by molar-refractivity contribution is 1.27. The van der Waals surface area contributed by atoms with Crippen LogP contribution in [0.15, 0.2) is 42.5 Å². The van der Waals surface area contributed by atoms with Crippen molar-refractivity contribution in [1.82, 2.24) is 9.97 Å². The molecule has 0 aliphatic heterocycles. The molecule has 0 aliphatic rings. The number of nitriles is 1. The van der Waals surface area contributed by atoms with Crippen LogP contribution in [0.3, 0.4) is 0 Å². The van der Waals surface area contributed by atoms with Gasteiger partial charge in [-0.1, -0.05) is 29.8 Å². The van der Waals surface area contributed by atoms with Gasteiger partial charge in [-0.2, -0.15) is 5.26 Å². The largest absolute Gasteiger partial charge is 0.338 e. The van der Waals surface area contributed by atoms with Crippen LogP contribution < -0.4 is 0 Å². The number of aromatic nitrogens is 2. The number of H-pyrrole nitrogens is 1. The number of halogens is 1. The molecular weight excluding hydrogens is 258 g/mol. The summed E-state index contributed by atoms with van der Waals surface area (Å²) in [4.78, 5) is 7.77. The zero-order valence-electron chi connectivity index (χ0n) is 10.0. The second kappa shape index (κ2) is 4.75. The number of rotatable bonds is 2. The second-order valence-corrected chi connectivity index (χ2v) is 4.66. The molecular formula is C15H10ClN3. The molecule has 3 aromatic rings. The highest BCUT2D eigenvalue weighted by Gasteiger charge is 2.08. The van der Waals surface area contributed by atoms with Crippen molar-refractivity contribution < 1.29 is 0 Å². The summed E-state index contributed by atoms with van der Waals surface area (Å²) in [5.41, 5.74) is 3.64. The van der Waals surface area contributed by atoms with E-state index in [9.17, 15) is 0 Å². The Labute approximate surface area is 115 Å². The fourth-order valence-electron chi connectivity index (χ4n) is 2.04. The third kappa shape index (κ3) is 2.18. The van der Waals surface area contributed by atoms with E-state index in [-0.39, 0.29) is 0 Å². The van der Waals surface area contributed by atoms with Crippen molar-refractivity contribution in [2.45, 2.75) is 6.42 Å². The monoisotopic (exact) mass is 267 g/mol. The molecule has 0 aliphatic carbocycles. The average molecular weight is 268 g/mol. The SMILES string of the molecule is N#CCc1ccc2nc(-c3ccccc3Cl)[nH]c2c1. The van der Waals surface area contributed by atoms with E-state index in [0.29, 0.717) is 11.4 Å². The lowest BCUT2D eigenvalue weighted by Crippen LogP contribution is -1.81. The number of fused-ring (bicyclic) bond motifs is 1. The van der Waals surface area contributed by atoms with Gasteiger partial charge in [0, 0.05) is 5.56 Å². The Bertz CT molecular complexity index is 783. The fraction of sp³-hybridized carbons (Fsp3) is 0.0667. The predicted molar refractivity (Wildman–Crippen MR) is 75.9 cm³/mol. The average Bonchev–Trinajstić information content (AvgIpc) is 2.82. The first-order valence-electron chi connectivity index (χ1n) is 5.88. The summed E-state index contributed by atoms with van der Waals surface area (Å²) >= 11 is 6.16. The molecule has 0 saturated carbocycles. The number of nitrogens with zero attached hydrogens (tertiary/aromatic N) is 2. The van der Waals surface area contributed by atoms with E-state index >= 15 is 0 Å². The molecule has 3 nitrogen and oxygen atoms in total. The van der Waals surface area contributed by atoms with Gasteiger partial charge in [-0.15, -0.1) is 0 Å². The van der Waals surface area contributed by atoms with Gasteiger partial charge in [-0.05, 0) is 29.8 Å². The Hall–Kier alpha value is -2.31. The minimum atomic E-state index is 0.399. The first kappa shape index (κ1) is 11.8. The van der Waals surface area contributed by atoms with Crippen LogP contribution in [0.5, 0.6) is 0 Å². The molecule has 0 bridgehead atoms. The van der Waals surface area contributed by atoms with Crippen LogP contribution in [-0.4, -0.2) is 9.97 Å². The van der Waals surface area contributed by atoms with Crippen LogP contribution in [0.1, 0.15) is 5.56 Å². The zero-order chi connectivity index (χ0) is 13.2. The zero-order valence-corrected chi connectivity index (χ0v) is 10.8. The molecule has 0 amide bonds.